The SMILES string of the molecule is Cc1nn(C)c(C)c1CCNC(=O)[C@@H]1[C@H](C(=O)O)C1(C)C. The number of carboxylic acids is 1. The molecule has 21 heavy (non-hydrogen) atoms. The third kappa shape index (κ3) is 2.66. The largest absolute Gasteiger partial charge is 0.481 e. The Labute approximate surface area is 124 Å². The van der Waals surface area contributed by atoms with Crippen LogP contribution in [0.5, 0.6) is 0 Å². The van der Waals surface area contributed by atoms with Gasteiger partial charge in [-0.25, -0.2) is 0 Å². The van der Waals surface area contributed by atoms with Gasteiger partial charge in [-0.3, -0.25) is 14.3 Å². The Morgan fingerprint density at radius 3 is 2.38 bits per heavy atom. The highest BCUT2D eigenvalue weighted by Gasteiger charge is 2.65. The standard InChI is InChI=1S/C15H23N3O3/c1-8-10(9(2)18(5)17-8)6-7-16-13(19)11-12(14(20)21)15(11,3)4/h11-12H,6-7H2,1-5H3,(H,16,19)(H,20,21)/t11-,12+/m0/s1. The van der Waals surface area contributed by atoms with Crippen LogP contribution in [0.15, 0.2) is 0 Å². The van der Waals surface area contributed by atoms with Gasteiger partial charge in [-0.1, -0.05) is 13.8 Å². The number of carbonyl (C=O) groups is 2. The number of aryl methyl sites for hydroxylation is 2. The fourth-order valence-electron chi connectivity index (χ4n) is 3.19. The Morgan fingerprint density at radius 1 is 1.33 bits per heavy atom. The number of rotatable bonds is 5. The average molecular weight is 293 g/mol. The number of aliphatic carboxylic acids is 1. The second-order valence-electron chi connectivity index (χ2n) is 6.43. The Bertz CT molecular complexity index is 589. The molecule has 2 N–H and O–H groups in total. The molecule has 1 aromatic rings. The van der Waals surface area contributed by atoms with E-state index in [0.717, 1.165) is 17.0 Å². The van der Waals surface area contributed by atoms with Crippen LogP contribution in [-0.4, -0.2) is 33.3 Å². The van der Waals surface area contributed by atoms with Gasteiger partial charge in [0, 0.05) is 19.3 Å². The topological polar surface area (TPSA) is 84.2 Å². The van der Waals surface area contributed by atoms with Crippen molar-refractivity contribution >= 4 is 11.9 Å². The summed E-state index contributed by atoms with van der Waals surface area (Å²) in [6, 6.07) is 0. The van der Waals surface area contributed by atoms with E-state index in [1.165, 1.54) is 0 Å². The molecular weight excluding hydrogens is 270 g/mol. The van der Waals surface area contributed by atoms with Crippen molar-refractivity contribution in [1.82, 2.24) is 15.1 Å². The van der Waals surface area contributed by atoms with E-state index in [9.17, 15) is 9.59 Å². The zero-order valence-electron chi connectivity index (χ0n) is 13.2. The molecule has 0 saturated heterocycles. The molecule has 1 fully saturated rings. The molecule has 1 aromatic heterocycles. The molecule has 1 amide bonds. The molecule has 0 spiro atoms. The summed E-state index contributed by atoms with van der Waals surface area (Å²) in [6.07, 6.45) is 0.710. The maximum absolute atomic E-state index is 12.1. The highest BCUT2D eigenvalue weighted by atomic mass is 16.4. The van der Waals surface area contributed by atoms with Gasteiger partial charge in [0.1, 0.15) is 0 Å². The second kappa shape index (κ2) is 5.16. The van der Waals surface area contributed by atoms with Crippen LogP contribution in [0.3, 0.4) is 0 Å². The average Bonchev–Trinajstić information content (AvgIpc) is 2.87. The minimum atomic E-state index is -0.890. The molecule has 1 saturated carbocycles. The van der Waals surface area contributed by atoms with E-state index in [-0.39, 0.29) is 5.91 Å². The predicted octanol–water partition coefficient (Wildman–Crippen LogP) is 1.05. The summed E-state index contributed by atoms with van der Waals surface area (Å²) >= 11 is 0. The van der Waals surface area contributed by atoms with Crippen molar-refractivity contribution < 1.29 is 14.7 Å². The highest BCUT2D eigenvalue weighted by Crippen LogP contribution is 2.58. The molecule has 1 aliphatic rings. The van der Waals surface area contributed by atoms with Crippen LogP contribution in [0.4, 0.5) is 0 Å². The van der Waals surface area contributed by atoms with Gasteiger partial charge in [0.2, 0.25) is 5.91 Å². The molecule has 2 rings (SSSR count). The molecule has 116 valence electrons. The van der Waals surface area contributed by atoms with Gasteiger partial charge in [-0.2, -0.15) is 5.10 Å². The smallest absolute Gasteiger partial charge is 0.307 e. The van der Waals surface area contributed by atoms with E-state index >= 15 is 0 Å². The van der Waals surface area contributed by atoms with Crippen molar-refractivity contribution in [2.75, 3.05) is 6.54 Å². The molecule has 1 heterocycles. The summed E-state index contributed by atoms with van der Waals surface area (Å²) < 4.78 is 1.83. The molecule has 0 aliphatic heterocycles. The Morgan fingerprint density at radius 2 is 1.95 bits per heavy atom. The number of carboxylic acid groups (broad SMARTS) is 1. The van der Waals surface area contributed by atoms with Gasteiger partial charge in [-0.15, -0.1) is 0 Å². The maximum Gasteiger partial charge on any atom is 0.307 e. The van der Waals surface area contributed by atoms with Gasteiger partial charge < -0.3 is 10.4 Å². The summed E-state index contributed by atoms with van der Waals surface area (Å²) in [5.41, 5.74) is 2.76. The van der Waals surface area contributed by atoms with Gasteiger partial charge in [0.15, 0.2) is 0 Å². The van der Waals surface area contributed by atoms with Crippen LogP contribution >= 0.6 is 0 Å². The first-order valence-corrected chi connectivity index (χ1v) is 7.17. The monoisotopic (exact) mass is 293 g/mol. The second-order valence-corrected chi connectivity index (χ2v) is 6.43. The van der Waals surface area contributed by atoms with Gasteiger partial charge in [-0.05, 0) is 31.2 Å². The molecule has 0 bridgehead atoms. The van der Waals surface area contributed by atoms with Crippen molar-refractivity contribution in [2.45, 2.75) is 34.1 Å². The number of carbonyl (C=O) groups excluding carboxylic acids is 1. The van der Waals surface area contributed by atoms with Crippen molar-refractivity contribution in [3.05, 3.63) is 17.0 Å². The molecule has 0 unspecified atom stereocenters. The predicted molar refractivity (Wildman–Crippen MR) is 77.8 cm³/mol. The Kier molecular flexibility index (Phi) is 3.82. The Balaban J connectivity index is 1.90. The lowest BCUT2D eigenvalue weighted by molar-refractivity contribution is -0.140. The first kappa shape index (κ1) is 15.5. The van der Waals surface area contributed by atoms with E-state index in [0.29, 0.717) is 13.0 Å². The van der Waals surface area contributed by atoms with E-state index in [2.05, 4.69) is 10.4 Å². The van der Waals surface area contributed by atoms with Crippen LogP contribution in [0.25, 0.3) is 0 Å². The third-order valence-electron chi connectivity index (χ3n) is 4.71. The number of hydrogen-bond donors (Lipinski definition) is 2. The number of hydrogen-bond acceptors (Lipinski definition) is 3. The summed E-state index contributed by atoms with van der Waals surface area (Å²) in [7, 11) is 1.90. The zero-order valence-corrected chi connectivity index (χ0v) is 13.2. The number of aromatic nitrogens is 2. The molecular formula is C15H23N3O3. The number of amides is 1. The molecule has 2 atom stereocenters. The quantitative estimate of drug-likeness (QED) is 0.850. The fourth-order valence-corrected chi connectivity index (χ4v) is 3.19. The summed E-state index contributed by atoms with van der Waals surface area (Å²) in [5.74, 6) is -2.05. The summed E-state index contributed by atoms with van der Waals surface area (Å²) in [5, 5.41) is 16.3. The molecule has 0 aromatic carbocycles. The van der Waals surface area contributed by atoms with E-state index in [4.69, 9.17) is 5.11 Å². The van der Waals surface area contributed by atoms with Gasteiger partial charge in [0.25, 0.3) is 0 Å². The van der Waals surface area contributed by atoms with Crippen molar-refractivity contribution in [2.24, 2.45) is 24.3 Å². The maximum atomic E-state index is 12.1. The molecule has 6 nitrogen and oxygen atoms in total. The fraction of sp³-hybridized carbons (Fsp3) is 0.667. The third-order valence-corrected chi connectivity index (χ3v) is 4.71. The summed E-state index contributed by atoms with van der Waals surface area (Å²) in [4.78, 5) is 23.2. The van der Waals surface area contributed by atoms with Crippen LogP contribution in [0.2, 0.25) is 0 Å². The van der Waals surface area contributed by atoms with Gasteiger partial charge >= 0.3 is 5.97 Å². The number of nitrogens with one attached hydrogen (secondary N) is 1. The van der Waals surface area contributed by atoms with Crippen molar-refractivity contribution in [1.29, 1.82) is 0 Å². The number of nitrogens with zero attached hydrogens (tertiary/aromatic N) is 2. The van der Waals surface area contributed by atoms with Crippen LogP contribution in [0, 0.1) is 31.1 Å². The Hall–Kier alpha value is -1.85. The first-order valence-electron chi connectivity index (χ1n) is 7.17. The lowest BCUT2D eigenvalue weighted by Gasteiger charge is -2.06. The van der Waals surface area contributed by atoms with Crippen molar-refractivity contribution in [3.8, 4) is 0 Å². The minimum absolute atomic E-state index is 0.161. The molecule has 0 radical (unpaired) electrons. The van der Waals surface area contributed by atoms with E-state index < -0.39 is 23.2 Å². The van der Waals surface area contributed by atoms with Crippen LogP contribution < -0.4 is 5.32 Å². The molecule has 6 heteroatoms. The van der Waals surface area contributed by atoms with Crippen LogP contribution in [-0.2, 0) is 23.1 Å². The van der Waals surface area contributed by atoms with Crippen LogP contribution in [0.1, 0.15) is 30.8 Å². The van der Waals surface area contributed by atoms with Gasteiger partial charge in [0.05, 0.1) is 17.5 Å². The lowest BCUT2D eigenvalue weighted by atomic mass is 10.1. The normalized spacial score (nSPS) is 22.9. The first-order chi connectivity index (χ1) is 9.67. The summed E-state index contributed by atoms with van der Waals surface area (Å²) in [6.45, 7) is 8.11. The van der Waals surface area contributed by atoms with Crippen molar-refractivity contribution in [3.63, 3.8) is 0 Å². The van der Waals surface area contributed by atoms with E-state index in [1.807, 2.05) is 39.4 Å². The zero-order chi connectivity index (χ0) is 15.9. The highest BCUT2D eigenvalue weighted by molar-refractivity contribution is 5.91. The lowest BCUT2D eigenvalue weighted by Crippen LogP contribution is -2.29. The minimum Gasteiger partial charge on any atom is -0.481 e. The van der Waals surface area contributed by atoms with E-state index in [1.54, 1.807) is 0 Å². The molecule has 1 aliphatic carbocycles.